The lowest BCUT2D eigenvalue weighted by Gasteiger charge is -2.45. The zero-order chi connectivity index (χ0) is 27.9. The fourth-order valence-corrected chi connectivity index (χ4v) is 6.40. The van der Waals surface area contributed by atoms with Crippen LogP contribution >= 0.6 is 0 Å². The van der Waals surface area contributed by atoms with Crippen LogP contribution in [0.4, 0.5) is 0 Å². The van der Waals surface area contributed by atoms with Crippen LogP contribution in [0.15, 0.2) is 36.7 Å². The molecule has 0 radical (unpaired) electrons. The number of aromatic nitrogens is 2. The van der Waals surface area contributed by atoms with Gasteiger partial charge in [-0.15, -0.1) is 0 Å². The summed E-state index contributed by atoms with van der Waals surface area (Å²) in [6, 6.07) is 7.03. The predicted octanol–water partition coefficient (Wildman–Crippen LogP) is 5.08. The molecule has 38 heavy (non-hydrogen) atoms. The van der Waals surface area contributed by atoms with Gasteiger partial charge in [-0.3, -0.25) is 0 Å². The first-order valence-corrected chi connectivity index (χ1v) is 13.4. The highest BCUT2D eigenvalue weighted by Gasteiger charge is 2.40. The number of esters is 2. The monoisotopic (exact) mass is 522 g/mol. The summed E-state index contributed by atoms with van der Waals surface area (Å²) in [5.41, 5.74) is 1.10. The highest BCUT2D eigenvalue weighted by Crippen LogP contribution is 2.32. The Hall–Kier alpha value is -2.84. The molecule has 2 fully saturated rings. The Morgan fingerprint density at radius 1 is 0.658 bits per heavy atom. The van der Waals surface area contributed by atoms with Gasteiger partial charge >= 0.3 is 11.9 Å². The van der Waals surface area contributed by atoms with Crippen molar-refractivity contribution in [3.05, 3.63) is 47.8 Å². The van der Waals surface area contributed by atoms with Crippen LogP contribution in [0.3, 0.4) is 0 Å². The van der Waals surface area contributed by atoms with Crippen molar-refractivity contribution >= 4 is 11.9 Å². The van der Waals surface area contributed by atoms with Crippen molar-refractivity contribution in [2.75, 3.05) is 0 Å². The highest BCUT2D eigenvalue weighted by atomic mass is 16.5. The molecule has 2 aromatic rings. The van der Waals surface area contributed by atoms with Crippen LogP contribution in [0.2, 0.25) is 0 Å². The van der Waals surface area contributed by atoms with Crippen molar-refractivity contribution in [2.45, 2.75) is 115 Å². The van der Waals surface area contributed by atoms with E-state index in [1.54, 1.807) is 24.3 Å². The summed E-state index contributed by atoms with van der Waals surface area (Å²) in [6.45, 7) is 17.0. The summed E-state index contributed by atoms with van der Waals surface area (Å²) in [5.74, 6) is -0.289. The van der Waals surface area contributed by atoms with Crippen LogP contribution in [-0.4, -0.2) is 56.3 Å². The van der Waals surface area contributed by atoms with E-state index in [-0.39, 0.29) is 40.3 Å². The lowest BCUT2D eigenvalue weighted by molar-refractivity contribution is -0.00770. The van der Waals surface area contributed by atoms with E-state index in [0.29, 0.717) is 17.0 Å². The molecular formula is C30H42N4O4. The quantitative estimate of drug-likeness (QED) is 0.525. The van der Waals surface area contributed by atoms with Gasteiger partial charge in [0.05, 0.1) is 11.1 Å². The number of hydrogen-bond acceptors (Lipinski definition) is 8. The minimum Gasteiger partial charge on any atom is -0.459 e. The molecule has 2 aliphatic heterocycles. The van der Waals surface area contributed by atoms with E-state index in [1.165, 1.54) is 12.4 Å². The van der Waals surface area contributed by atoms with Gasteiger partial charge in [-0.1, -0.05) is 12.1 Å². The smallest absolute Gasteiger partial charge is 0.341 e. The standard InChI is InChI=1S/C30H42N4O4/c1-27(2)13-22(14-28(3,4)33-27)37-25(35)20-11-9-19(10-12-20)24-31-17-21(18-32-24)26(36)38-23-15-29(5,6)34-30(7,8)16-23/h9-12,17-18,22-23,33-34H,13-16H2,1-8H3. The van der Waals surface area contributed by atoms with Gasteiger partial charge in [-0.25, -0.2) is 19.6 Å². The molecule has 0 aliphatic carbocycles. The number of benzene rings is 1. The maximum absolute atomic E-state index is 12.8. The van der Waals surface area contributed by atoms with Crippen molar-refractivity contribution in [3.63, 3.8) is 0 Å². The van der Waals surface area contributed by atoms with Gasteiger partial charge in [-0.05, 0) is 67.5 Å². The molecule has 2 aliphatic rings. The first-order valence-electron chi connectivity index (χ1n) is 13.4. The molecule has 0 saturated carbocycles. The van der Waals surface area contributed by atoms with E-state index in [2.05, 4.69) is 76.0 Å². The van der Waals surface area contributed by atoms with Crippen LogP contribution < -0.4 is 10.6 Å². The maximum Gasteiger partial charge on any atom is 0.341 e. The SMILES string of the molecule is CC1(C)CC(OC(=O)c2ccc(-c3ncc(C(=O)OC4CC(C)(C)NC(C)(C)C4)cn3)cc2)CC(C)(C)N1. The van der Waals surface area contributed by atoms with Crippen LogP contribution in [0.25, 0.3) is 11.4 Å². The molecule has 4 rings (SSSR count). The fraction of sp³-hybridized carbons (Fsp3) is 0.600. The van der Waals surface area contributed by atoms with Crippen LogP contribution in [0.5, 0.6) is 0 Å². The summed E-state index contributed by atoms with van der Waals surface area (Å²) >= 11 is 0. The molecule has 1 aromatic heterocycles. The maximum atomic E-state index is 12.8. The largest absolute Gasteiger partial charge is 0.459 e. The molecular weight excluding hydrogens is 480 g/mol. The Morgan fingerprint density at radius 3 is 1.42 bits per heavy atom. The number of carbonyl (C=O) groups excluding carboxylic acids is 2. The third-order valence-electron chi connectivity index (χ3n) is 7.12. The molecule has 2 N–H and O–H groups in total. The minimum atomic E-state index is -0.419. The van der Waals surface area contributed by atoms with E-state index >= 15 is 0 Å². The van der Waals surface area contributed by atoms with Crippen LogP contribution in [0.1, 0.15) is 102 Å². The van der Waals surface area contributed by atoms with Crippen molar-refractivity contribution in [2.24, 2.45) is 0 Å². The molecule has 3 heterocycles. The Balaban J connectivity index is 1.37. The molecule has 0 unspecified atom stereocenters. The molecule has 1 aromatic carbocycles. The molecule has 0 amide bonds. The van der Waals surface area contributed by atoms with Crippen molar-refractivity contribution < 1.29 is 19.1 Å². The van der Waals surface area contributed by atoms with Gasteiger partial charge in [0.2, 0.25) is 0 Å². The Morgan fingerprint density at radius 2 is 1.03 bits per heavy atom. The van der Waals surface area contributed by atoms with Gasteiger partial charge in [0.15, 0.2) is 5.82 Å². The Labute approximate surface area is 226 Å². The normalized spacial score (nSPS) is 22.4. The van der Waals surface area contributed by atoms with Crippen LogP contribution in [0, 0.1) is 0 Å². The summed E-state index contributed by atoms with van der Waals surface area (Å²) in [4.78, 5) is 34.3. The number of carbonyl (C=O) groups is 2. The van der Waals surface area contributed by atoms with Gasteiger partial charge in [0.25, 0.3) is 0 Å². The van der Waals surface area contributed by atoms with Crippen molar-refractivity contribution in [1.29, 1.82) is 0 Å². The number of nitrogens with one attached hydrogen (secondary N) is 2. The Bertz CT molecular complexity index is 1040. The molecule has 0 bridgehead atoms. The third kappa shape index (κ3) is 7.17. The van der Waals surface area contributed by atoms with E-state index in [4.69, 9.17) is 9.47 Å². The van der Waals surface area contributed by atoms with E-state index in [9.17, 15) is 9.59 Å². The first-order chi connectivity index (χ1) is 17.5. The van der Waals surface area contributed by atoms with E-state index in [1.807, 2.05) is 0 Å². The molecule has 8 heteroatoms. The minimum absolute atomic E-state index is 0.104. The molecule has 0 atom stereocenters. The van der Waals surface area contributed by atoms with Crippen LogP contribution in [-0.2, 0) is 9.47 Å². The predicted molar refractivity (Wildman–Crippen MR) is 147 cm³/mol. The molecule has 0 spiro atoms. The molecule has 2 saturated heterocycles. The first kappa shape index (κ1) is 28.2. The second-order valence-electron chi connectivity index (χ2n) is 13.5. The molecule has 206 valence electrons. The average Bonchev–Trinajstić information content (AvgIpc) is 2.75. The van der Waals surface area contributed by atoms with Gasteiger partial charge < -0.3 is 20.1 Å². The number of hydrogen-bond donors (Lipinski definition) is 2. The number of nitrogens with zero attached hydrogens (tertiary/aromatic N) is 2. The lowest BCUT2D eigenvalue weighted by atomic mass is 9.81. The summed E-state index contributed by atoms with van der Waals surface area (Å²) in [7, 11) is 0. The lowest BCUT2D eigenvalue weighted by Crippen LogP contribution is -2.59. The third-order valence-corrected chi connectivity index (χ3v) is 7.12. The zero-order valence-corrected chi connectivity index (χ0v) is 24.0. The van der Waals surface area contributed by atoms with E-state index < -0.39 is 5.97 Å². The second-order valence-corrected chi connectivity index (χ2v) is 13.5. The van der Waals surface area contributed by atoms with Gasteiger partial charge in [0, 0.05) is 65.8 Å². The zero-order valence-electron chi connectivity index (χ0n) is 24.0. The summed E-state index contributed by atoms with van der Waals surface area (Å²) < 4.78 is 11.7. The summed E-state index contributed by atoms with van der Waals surface area (Å²) in [6.07, 6.45) is 5.65. The van der Waals surface area contributed by atoms with Gasteiger partial charge in [0.1, 0.15) is 12.2 Å². The van der Waals surface area contributed by atoms with Crippen molar-refractivity contribution in [3.8, 4) is 11.4 Å². The number of rotatable bonds is 5. The number of piperidine rings is 2. The van der Waals surface area contributed by atoms with E-state index in [0.717, 1.165) is 31.2 Å². The Kier molecular flexibility index (Phi) is 7.45. The van der Waals surface area contributed by atoms with Gasteiger partial charge in [-0.2, -0.15) is 0 Å². The topological polar surface area (TPSA) is 102 Å². The average molecular weight is 523 g/mol. The number of ether oxygens (including phenoxy) is 2. The highest BCUT2D eigenvalue weighted by molar-refractivity contribution is 5.90. The molecule has 8 nitrogen and oxygen atoms in total. The summed E-state index contributed by atoms with van der Waals surface area (Å²) in [5, 5.41) is 7.19. The van der Waals surface area contributed by atoms with Crippen molar-refractivity contribution in [1.82, 2.24) is 20.6 Å². The fourth-order valence-electron chi connectivity index (χ4n) is 6.40. The second kappa shape index (κ2) is 10.0.